The van der Waals surface area contributed by atoms with Crippen LogP contribution in [0.15, 0.2) is 24.3 Å². The van der Waals surface area contributed by atoms with Gasteiger partial charge in [0.15, 0.2) is 0 Å². The van der Waals surface area contributed by atoms with Crippen molar-refractivity contribution in [3.05, 3.63) is 46.4 Å². The fraction of sp³-hybridized carbons (Fsp3) is 0.267. The Bertz CT molecular complexity index is 705. The van der Waals surface area contributed by atoms with Crippen molar-refractivity contribution in [2.24, 2.45) is 0 Å². The maximum absolute atomic E-state index is 8.90. The van der Waals surface area contributed by atoms with Gasteiger partial charge in [-0.1, -0.05) is 17.7 Å². The SMILES string of the molecule is Cc1c(Cl)nc(C2CC2)nc1Oc1cccc(C#N)c1. The van der Waals surface area contributed by atoms with E-state index in [2.05, 4.69) is 16.0 Å². The molecule has 100 valence electrons. The van der Waals surface area contributed by atoms with Crippen LogP contribution in [0.4, 0.5) is 0 Å². The van der Waals surface area contributed by atoms with Crippen LogP contribution >= 0.6 is 11.6 Å². The Balaban J connectivity index is 1.95. The van der Waals surface area contributed by atoms with Crippen LogP contribution in [0.1, 0.15) is 35.7 Å². The minimum Gasteiger partial charge on any atom is -0.439 e. The molecule has 0 unspecified atom stereocenters. The van der Waals surface area contributed by atoms with Gasteiger partial charge in [0.25, 0.3) is 0 Å². The van der Waals surface area contributed by atoms with Crippen LogP contribution in [0.5, 0.6) is 11.6 Å². The molecule has 0 radical (unpaired) electrons. The highest BCUT2D eigenvalue weighted by atomic mass is 35.5. The molecule has 1 heterocycles. The van der Waals surface area contributed by atoms with Crippen molar-refractivity contribution in [3.8, 4) is 17.7 Å². The van der Waals surface area contributed by atoms with E-state index in [9.17, 15) is 0 Å². The molecule has 4 nitrogen and oxygen atoms in total. The van der Waals surface area contributed by atoms with E-state index in [-0.39, 0.29) is 0 Å². The van der Waals surface area contributed by atoms with Gasteiger partial charge in [0.05, 0.1) is 11.6 Å². The fourth-order valence-electron chi connectivity index (χ4n) is 1.85. The number of hydrogen-bond acceptors (Lipinski definition) is 4. The molecule has 1 aromatic heterocycles. The van der Waals surface area contributed by atoms with Crippen molar-refractivity contribution in [2.75, 3.05) is 0 Å². The number of aromatic nitrogens is 2. The van der Waals surface area contributed by atoms with Crippen LogP contribution in [0.25, 0.3) is 0 Å². The lowest BCUT2D eigenvalue weighted by molar-refractivity contribution is 0.454. The number of nitriles is 1. The molecular weight excluding hydrogens is 274 g/mol. The van der Waals surface area contributed by atoms with Gasteiger partial charge in [-0.2, -0.15) is 10.2 Å². The summed E-state index contributed by atoms with van der Waals surface area (Å²) in [5.74, 6) is 2.18. The highest BCUT2D eigenvalue weighted by Gasteiger charge is 2.28. The molecule has 0 atom stereocenters. The quantitative estimate of drug-likeness (QED) is 0.800. The maximum atomic E-state index is 8.90. The van der Waals surface area contributed by atoms with E-state index >= 15 is 0 Å². The summed E-state index contributed by atoms with van der Waals surface area (Å²) >= 11 is 6.13. The van der Waals surface area contributed by atoms with Gasteiger partial charge in [0.2, 0.25) is 5.88 Å². The van der Waals surface area contributed by atoms with Crippen LogP contribution in [0.3, 0.4) is 0 Å². The predicted molar refractivity (Wildman–Crippen MR) is 75.0 cm³/mol. The molecule has 0 saturated heterocycles. The lowest BCUT2D eigenvalue weighted by atomic mass is 10.2. The molecular formula is C15H12ClN3O. The largest absolute Gasteiger partial charge is 0.439 e. The number of rotatable bonds is 3. The molecule has 1 aromatic carbocycles. The van der Waals surface area contributed by atoms with Crippen LogP contribution in [-0.4, -0.2) is 9.97 Å². The van der Waals surface area contributed by atoms with E-state index in [1.165, 1.54) is 0 Å². The van der Waals surface area contributed by atoms with Gasteiger partial charge >= 0.3 is 0 Å². The number of nitrogens with zero attached hydrogens (tertiary/aromatic N) is 3. The Hall–Kier alpha value is -2.12. The van der Waals surface area contributed by atoms with Gasteiger partial charge in [0, 0.05) is 11.5 Å². The lowest BCUT2D eigenvalue weighted by Gasteiger charge is -2.10. The number of hydrogen-bond donors (Lipinski definition) is 0. The lowest BCUT2D eigenvalue weighted by Crippen LogP contribution is -2.00. The molecule has 1 aliphatic carbocycles. The summed E-state index contributed by atoms with van der Waals surface area (Å²) in [6, 6.07) is 9.03. The van der Waals surface area contributed by atoms with E-state index in [0.717, 1.165) is 18.7 Å². The van der Waals surface area contributed by atoms with Crippen molar-refractivity contribution in [1.29, 1.82) is 5.26 Å². The molecule has 3 rings (SSSR count). The molecule has 5 heteroatoms. The average Bonchev–Trinajstić information content (AvgIpc) is 3.28. The number of halogens is 1. The summed E-state index contributed by atoms with van der Waals surface area (Å²) in [6.45, 7) is 1.82. The topological polar surface area (TPSA) is 58.8 Å². The standard InChI is InChI=1S/C15H12ClN3O/c1-9-13(16)18-14(11-5-6-11)19-15(9)20-12-4-2-3-10(7-12)8-17/h2-4,7,11H,5-6H2,1H3. The molecule has 1 fully saturated rings. The first-order chi connectivity index (χ1) is 9.67. The van der Waals surface area contributed by atoms with E-state index in [4.69, 9.17) is 21.6 Å². The van der Waals surface area contributed by atoms with Gasteiger partial charge in [-0.15, -0.1) is 0 Å². The molecule has 1 aliphatic rings. The van der Waals surface area contributed by atoms with Gasteiger partial charge in [-0.25, -0.2) is 4.98 Å². The Morgan fingerprint density at radius 2 is 2.15 bits per heavy atom. The highest BCUT2D eigenvalue weighted by molar-refractivity contribution is 6.30. The van der Waals surface area contributed by atoms with Gasteiger partial charge in [-0.3, -0.25) is 0 Å². The van der Waals surface area contributed by atoms with Gasteiger partial charge in [0.1, 0.15) is 16.7 Å². The van der Waals surface area contributed by atoms with Crippen LogP contribution < -0.4 is 4.74 Å². The highest BCUT2D eigenvalue weighted by Crippen LogP contribution is 2.40. The summed E-state index contributed by atoms with van der Waals surface area (Å²) in [5.41, 5.74) is 1.25. The second-order valence-corrected chi connectivity index (χ2v) is 5.18. The Kier molecular flexibility index (Phi) is 3.29. The molecule has 0 bridgehead atoms. The third-order valence-corrected chi connectivity index (χ3v) is 3.55. The first-order valence-corrected chi connectivity index (χ1v) is 6.77. The Labute approximate surface area is 122 Å². The molecule has 0 amide bonds. The van der Waals surface area contributed by atoms with Crippen LogP contribution in [-0.2, 0) is 0 Å². The summed E-state index contributed by atoms with van der Waals surface area (Å²) in [5, 5.41) is 9.32. The van der Waals surface area contributed by atoms with Crippen molar-refractivity contribution < 1.29 is 4.74 Å². The second kappa shape index (κ2) is 5.10. The normalized spacial score (nSPS) is 13.8. The zero-order valence-electron chi connectivity index (χ0n) is 10.9. The van der Waals surface area contributed by atoms with Crippen LogP contribution in [0.2, 0.25) is 5.15 Å². The molecule has 0 N–H and O–H groups in total. The van der Waals surface area contributed by atoms with Crippen LogP contribution in [0, 0.1) is 18.3 Å². The molecule has 0 spiro atoms. The first kappa shape index (κ1) is 12.9. The summed E-state index contributed by atoms with van der Waals surface area (Å²) in [4.78, 5) is 8.74. The number of benzene rings is 1. The van der Waals surface area contributed by atoms with E-state index < -0.39 is 0 Å². The molecule has 2 aromatic rings. The Morgan fingerprint density at radius 3 is 2.85 bits per heavy atom. The maximum Gasteiger partial charge on any atom is 0.226 e. The van der Waals surface area contributed by atoms with Gasteiger partial charge < -0.3 is 4.74 Å². The first-order valence-electron chi connectivity index (χ1n) is 6.39. The third kappa shape index (κ3) is 2.59. The van der Waals surface area contributed by atoms with E-state index in [1.54, 1.807) is 24.3 Å². The van der Waals surface area contributed by atoms with Crippen molar-refractivity contribution in [3.63, 3.8) is 0 Å². The fourth-order valence-corrected chi connectivity index (χ4v) is 2.02. The van der Waals surface area contributed by atoms with Gasteiger partial charge in [-0.05, 0) is 38.0 Å². The monoisotopic (exact) mass is 285 g/mol. The second-order valence-electron chi connectivity index (χ2n) is 4.82. The van der Waals surface area contributed by atoms with E-state index in [1.807, 2.05) is 6.92 Å². The number of ether oxygens (including phenoxy) is 1. The van der Waals surface area contributed by atoms with E-state index in [0.29, 0.717) is 33.8 Å². The summed E-state index contributed by atoms with van der Waals surface area (Å²) < 4.78 is 5.76. The van der Waals surface area contributed by atoms with Crippen molar-refractivity contribution in [1.82, 2.24) is 9.97 Å². The Morgan fingerprint density at radius 1 is 1.35 bits per heavy atom. The summed E-state index contributed by atoms with van der Waals surface area (Å²) in [6.07, 6.45) is 2.20. The smallest absolute Gasteiger partial charge is 0.226 e. The molecule has 20 heavy (non-hydrogen) atoms. The zero-order valence-corrected chi connectivity index (χ0v) is 11.7. The molecule has 1 saturated carbocycles. The van der Waals surface area contributed by atoms with Crippen molar-refractivity contribution in [2.45, 2.75) is 25.7 Å². The van der Waals surface area contributed by atoms with Crippen molar-refractivity contribution >= 4 is 11.6 Å². The third-order valence-electron chi connectivity index (χ3n) is 3.18. The molecule has 0 aliphatic heterocycles. The minimum absolute atomic E-state index is 0.404. The average molecular weight is 286 g/mol. The zero-order chi connectivity index (χ0) is 14.1. The summed E-state index contributed by atoms with van der Waals surface area (Å²) in [7, 11) is 0. The minimum atomic E-state index is 0.404. The predicted octanol–water partition coefficient (Wildman–Crippen LogP) is 3.98.